The number of aryl methyl sites for hydroxylation is 4. The van der Waals surface area contributed by atoms with Gasteiger partial charge in [0, 0.05) is 57.9 Å². The van der Waals surface area contributed by atoms with Gasteiger partial charge in [0.15, 0.2) is 11.6 Å². The fourth-order valence-electron chi connectivity index (χ4n) is 7.39. The molecule has 3 aromatic carbocycles. The van der Waals surface area contributed by atoms with Crippen LogP contribution in [0, 0.1) is 0 Å². The fraction of sp³-hybridized carbons (Fsp3) is 0.167. The Balaban J connectivity index is 0.000000190. The first-order valence-electron chi connectivity index (χ1n) is 20.5. The molecular weight excluding hydrogens is 991 g/mol. The van der Waals surface area contributed by atoms with Gasteiger partial charge in [-0.05, 0) is 97.8 Å². The van der Waals surface area contributed by atoms with Crippen LogP contribution in [0.5, 0.6) is 0 Å². The van der Waals surface area contributed by atoms with E-state index in [9.17, 15) is 38.4 Å². The van der Waals surface area contributed by atoms with Crippen LogP contribution in [0.15, 0.2) is 129 Å². The highest BCUT2D eigenvalue weighted by Crippen LogP contribution is 2.45. The van der Waals surface area contributed by atoms with Crippen molar-refractivity contribution in [3.63, 3.8) is 0 Å². The van der Waals surface area contributed by atoms with E-state index in [0.717, 1.165) is 48.7 Å². The number of carbonyl (C=O) groups is 4. The number of Topliss-reactive ketones (excluding diaryl/α,β-unsaturated/α-hetero) is 2. The summed E-state index contributed by atoms with van der Waals surface area (Å²) in [5.74, 6) is -1.66. The number of allylic oxidation sites excluding steroid dienone is 4. The molecule has 0 radical (unpaired) electrons. The van der Waals surface area contributed by atoms with Crippen LogP contribution in [0.25, 0.3) is 22.1 Å². The number of hydrogen-bond acceptors (Lipinski definition) is 13. The number of thiol groups is 1. The normalized spacial score (nSPS) is 13.0. The second-order valence-corrected chi connectivity index (χ2v) is 19.1. The second kappa shape index (κ2) is 20.3. The van der Waals surface area contributed by atoms with Crippen LogP contribution in [0.3, 0.4) is 0 Å². The van der Waals surface area contributed by atoms with Crippen LogP contribution in [0.4, 0.5) is 0 Å². The Hall–Kier alpha value is -6.08. The number of rotatable bonds is 6. The minimum Gasteiger partial charge on any atom is -0.289 e. The third-order valence-electron chi connectivity index (χ3n) is 10.8. The molecule has 0 atom stereocenters. The lowest BCUT2D eigenvalue weighted by Crippen LogP contribution is -2.39. The number of aromatic nitrogens is 6. The van der Waals surface area contributed by atoms with E-state index >= 15 is 0 Å². The molecule has 0 unspecified atom stereocenters. The summed E-state index contributed by atoms with van der Waals surface area (Å²) < 4.78 is 4.27. The molecule has 0 amide bonds. The lowest BCUT2D eigenvalue weighted by molar-refractivity contribution is 0.0988. The quantitative estimate of drug-likeness (QED) is 0.157. The van der Waals surface area contributed by atoms with Crippen molar-refractivity contribution in [1.82, 2.24) is 28.2 Å². The molecule has 0 saturated carbocycles. The molecule has 68 heavy (non-hydrogen) atoms. The number of carbonyl (C=O) groups excluding carboxylic acids is 4. The lowest BCUT2D eigenvalue weighted by Gasteiger charge is -2.24. The molecule has 2 aliphatic carbocycles. The van der Waals surface area contributed by atoms with E-state index in [-0.39, 0.29) is 59.9 Å². The molecule has 20 heteroatoms. The molecule has 4 aromatic heterocycles. The Kier molecular flexibility index (Phi) is 14.8. The SMILES string of the molecule is CCc1nc2c(c3c1C(=O)C(Sc1ccc(Cl)cc1)=C(Sc1ccc(Cl)cc1)C3=O)c(=O)n(C)c(=O)n2C.CCc1nc2c(c3c1C(=O)C=CC3=O)c(=O)n(C)c(=O)n2C.Sc1ccc(Cl)cc1. The van der Waals surface area contributed by atoms with Crippen LogP contribution in [-0.2, 0) is 41.0 Å². The number of thioether (sulfide) groups is 2. The minimum absolute atomic E-state index is 0.0134. The van der Waals surface area contributed by atoms with Crippen LogP contribution >= 0.6 is 71.0 Å². The van der Waals surface area contributed by atoms with E-state index < -0.39 is 39.8 Å². The number of halogens is 3. The largest absolute Gasteiger partial charge is 0.332 e. The van der Waals surface area contributed by atoms with Crippen molar-refractivity contribution < 1.29 is 19.2 Å². The predicted molar refractivity (Wildman–Crippen MR) is 270 cm³/mol. The van der Waals surface area contributed by atoms with Gasteiger partial charge in [0.05, 0.1) is 54.2 Å². The minimum atomic E-state index is -0.680. The van der Waals surface area contributed by atoms with Crippen molar-refractivity contribution in [3.8, 4) is 0 Å². The summed E-state index contributed by atoms with van der Waals surface area (Å²) >= 11 is 24.0. The van der Waals surface area contributed by atoms with Gasteiger partial charge in [-0.3, -0.25) is 47.0 Å². The van der Waals surface area contributed by atoms with Gasteiger partial charge in [-0.25, -0.2) is 19.6 Å². The van der Waals surface area contributed by atoms with Gasteiger partial charge in [-0.15, -0.1) is 12.6 Å². The zero-order valence-corrected chi connectivity index (χ0v) is 41.6. The number of benzene rings is 3. The summed E-state index contributed by atoms with van der Waals surface area (Å²) in [5.41, 5.74) is -1.17. The average Bonchev–Trinajstić information content (AvgIpc) is 3.33. The van der Waals surface area contributed by atoms with E-state index in [2.05, 4.69) is 22.6 Å². The van der Waals surface area contributed by atoms with Gasteiger partial charge >= 0.3 is 11.4 Å². The van der Waals surface area contributed by atoms with Gasteiger partial charge in [-0.2, -0.15) is 0 Å². The average molecular weight is 1030 g/mol. The Bertz CT molecular complexity index is 3600. The van der Waals surface area contributed by atoms with Gasteiger partial charge < -0.3 is 0 Å². The zero-order valence-electron chi connectivity index (χ0n) is 36.8. The van der Waals surface area contributed by atoms with Crippen molar-refractivity contribution in [2.75, 3.05) is 0 Å². The summed E-state index contributed by atoms with van der Waals surface area (Å²) in [6, 6.07) is 21.2. The van der Waals surface area contributed by atoms with Crippen molar-refractivity contribution >= 4 is 116 Å². The highest BCUT2D eigenvalue weighted by molar-refractivity contribution is 8.08. The third kappa shape index (κ3) is 9.38. The Labute approximate surface area is 415 Å². The van der Waals surface area contributed by atoms with Crippen molar-refractivity contribution in [2.45, 2.75) is 41.4 Å². The molecule has 0 fully saturated rings. The van der Waals surface area contributed by atoms with E-state index in [0.29, 0.717) is 44.1 Å². The number of ketones is 4. The molecule has 0 saturated heterocycles. The fourth-order valence-corrected chi connectivity index (χ4v) is 9.94. The Morgan fingerprint density at radius 1 is 0.485 bits per heavy atom. The topological polar surface area (TPSA) is 182 Å². The highest BCUT2D eigenvalue weighted by Gasteiger charge is 2.39. The van der Waals surface area contributed by atoms with Crippen LogP contribution in [-0.4, -0.2) is 51.4 Å². The molecule has 0 bridgehead atoms. The molecule has 2 aliphatic rings. The molecule has 9 rings (SSSR count). The maximum absolute atomic E-state index is 14.3. The number of nitrogens with zero attached hydrogens (tertiary/aromatic N) is 6. The van der Waals surface area contributed by atoms with E-state index in [1.807, 2.05) is 24.3 Å². The maximum atomic E-state index is 14.3. The highest BCUT2D eigenvalue weighted by atomic mass is 35.5. The molecule has 346 valence electrons. The zero-order chi connectivity index (χ0) is 49.5. The summed E-state index contributed by atoms with van der Waals surface area (Å²) in [6.45, 7) is 3.60. The smallest absolute Gasteiger partial charge is 0.289 e. The molecule has 14 nitrogen and oxygen atoms in total. The van der Waals surface area contributed by atoms with Gasteiger partial charge in [0.1, 0.15) is 11.3 Å². The van der Waals surface area contributed by atoms with Crippen molar-refractivity contribution in [1.29, 1.82) is 0 Å². The Morgan fingerprint density at radius 2 is 0.838 bits per heavy atom. The van der Waals surface area contributed by atoms with Crippen molar-refractivity contribution in [2.24, 2.45) is 28.2 Å². The molecule has 0 spiro atoms. The predicted octanol–water partition coefficient (Wildman–Crippen LogP) is 8.44. The summed E-state index contributed by atoms with van der Waals surface area (Å²) in [4.78, 5) is 115. The lowest BCUT2D eigenvalue weighted by atomic mass is 9.90. The van der Waals surface area contributed by atoms with E-state index in [1.165, 1.54) is 43.4 Å². The maximum Gasteiger partial charge on any atom is 0.332 e. The monoisotopic (exact) mass is 1030 g/mol. The standard InChI is InChI=1S/C27H19Cl2N3O4S2.C15H13N3O4.C6H5ClS/c1-4-17-18-19(20-25(30-17)31(2)27(36)32(3)26(20)35)22(34)24(38-16-11-7-14(29)8-12-16)23(21(18)33)37-15-9-5-13(28)6-10-15;1-4-7-10-8(19)5-6-9(20)11(10)12-13(16-7)17(2)15(22)18(3)14(12)21;7-5-1-3-6(8)4-2-5/h5-12H,4H2,1-3H3;5-6H,4H2,1-3H3;1-4,8H. The van der Waals surface area contributed by atoms with Gasteiger partial charge in [-0.1, -0.05) is 72.2 Å². The van der Waals surface area contributed by atoms with Crippen molar-refractivity contribution in [3.05, 3.63) is 185 Å². The molecule has 0 N–H and O–H groups in total. The first-order chi connectivity index (χ1) is 32.3. The number of fused-ring (bicyclic) bond motifs is 6. The third-order valence-corrected chi connectivity index (χ3v) is 14.2. The van der Waals surface area contributed by atoms with E-state index in [1.54, 1.807) is 62.4 Å². The molecule has 0 aliphatic heterocycles. The van der Waals surface area contributed by atoms with Crippen LogP contribution in [0.2, 0.25) is 15.1 Å². The molecular formula is C48H37Cl3N6O8S3. The first-order valence-corrected chi connectivity index (χ1v) is 23.7. The molecule has 7 aromatic rings. The Morgan fingerprint density at radius 3 is 1.24 bits per heavy atom. The second-order valence-electron chi connectivity index (χ2n) is 15.1. The number of pyridine rings is 2. The van der Waals surface area contributed by atoms with Gasteiger partial charge in [0.2, 0.25) is 11.6 Å². The summed E-state index contributed by atoms with van der Waals surface area (Å²) in [6.07, 6.45) is 3.06. The first kappa shape index (κ1) is 49.8. The van der Waals surface area contributed by atoms with Gasteiger partial charge in [0.25, 0.3) is 11.1 Å². The number of hydrogen-bond donors (Lipinski definition) is 1. The molecule has 4 heterocycles. The summed E-state index contributed by atoms with van der Waals surface area (Å²) in [7, 11) is 5.63. The van der Waals surface area contributed by atoms with E-state index in [4.69, 9.17) is 34.8 Å². The summed E-state index contributed by atoms with van der Waals surface area (Å²) in [5, 5.41) is 1.79. The van der Waals surface area contributed by atoms with Crippen LogP contribution in [0.1, 0.15) is 66.7 Å². The van der Waals surface area contributed by atoms with Crippen LogP contribution < -0.4 is 22.5 Å².